The van der Waals surface area contributed by atoms with E-state index in [1.54, 1.807) is 12.1 Å². The molecule has 9 nitrogen and oxygen atoms in total. The van der Waals surface area contributed by atoms with Gasteiger partial charge >= 0.3 is 12.0 Å². The molecule has 0 fully saturated rings. The zero-order chi connectivity index (χ0) is 27.3. The molecule has 2 atom stereocenters. The number of nitrogens with one attached hydrogen (secondary N) is 4. The normalized spacial score (nSPS) is 12.0. The van der Waals surface area contributed by atoms with Gasteiger partial charge in [0.15, 0.2) is 0 Å². The van der Waals surface area contributed by atoms with Crippen LogP contribution in [0.1, 0.15) is 43.0 Å². The maximum absolute atomic E-state index is 12.4. The molecule has 0 aliphatic carbocycles. The molecule has 3 aromatic carbocycles. The van der Waals surface area contributed by atoms with Crippen LogP contribution in [0.2, 0.25) is 0 Å². The lowest BCUT2D eigenvalue weighted by Crippen LogP contribution is -2.41. The van der Waals surface area contributed by atoms with Crippen LogP contribution in [0.3, 0.4) is 0 Å². The Morgan fingerprint density at radius 3 is 1.95 bits per heavy atom. The third-order valence-electron chi connectivity index (χ3n) is 5.87. The largest absolute Gasteiger partial charge is 0.481 e. The molecule has 0 heterocycles. The van der Waals surface area contributed by atoms with Gasteiger partial charge in [-0.2, -0.15) is 0 Å². The average molecular weight is 517 g/mol. The molecule has 0 aliphatic heterocycles. The van der Waals surface area contributed by atoms with Gasteiger partial charge in [0, 0.05) is 13.0 Å². The van der Waals surface area contributed by atoms with Crippen molar-refractivity contribution < 1.29 is 24.3 Å². The number of carboxylic acids is 1. The second-order valence-electron chi connectivity index (χ2n) is 8.77. The lowest BCUT2D eigenvalue weighted by atomic mass is 9.99. The van der Waals surface area contributed by atoms with E-state index in [0.717, 1.165) is 16.7 Å². The van der Waals surface area contributed by atoms with Crippen LogP contribution in [0.5, 0.6) is 0 Å². The van der Waals surface area contributed by atoms with Crippen LogP contribution in [-0.2, 0) is 14.4 Å². The Hall–Kier alpha value is -4.66. The Labute approximate surface area is 221 Å². The molecule has 0 bridgehead atoms. The zero-order valence-electron chi connectivity index (χ0n) is 21.1. The third kappa shape index (κ3) is 9.09. The summed E-state index contributed by atoms with van der Waals surface area (Å²) < 4.78 is 0. The van der Waals surface area contributed by atoms with Gasteiger partial charge < -0.3 is 26.4 Å². The summed E-state index contributed by atoms with van der Waals surface area (Å²) in [6.45, 7) is 1.64. The van der Waals surface area contributed by atoms with Crippen molar-refractivity contribution >= 4 is 23.8 Å². The summed E-state index contributed by atoms with van der Waals surface area (Å²) in [5, 5.41) is 19.9. The predicted octanol–water partition coefficient (Wildman–Crippen LogP) is 3.55. The van der Waals surface area contributed by atoms with Crippen molar-refractivity contribution in [1.29, 1.82) is 0 Å². The molecular formula is C29H32N4O5. The molecule has 0 spiro atoms. The van der Waals surface area contributed by atoms with Crippen LogP contribution in [0.4, 0.5) is 4.79 Å². The molecule has 0 radical (unpaired) electrons. The molecular weight excluding hydrogens is 484 g/mol. The second kappa shape index (κ2) is 14.2. The molecule has 0 saturated heterocycles. The quantitative estimate of drug-likeness (QED) is 0.251. The number of hydrogen-bond donors (Lipinski definition) is 5. The highest BCUT2D eigenvalue weighted by atomic mass is 16.4. The number of rotatable bonds is 12. The highest BCUT2D eigenvalue weighted by molar-refractivity contribution is 5.85. The molecule has 0 saturated carbocycles. The molecule has 0 aliphatic rings. The van der Waals surface area contributed by atoms with Crippen LogP contribution < -0.4 is 21.3 Å². The number of urea groups is 1. The van der Waals surface area contributed by atoms with E-state index in [0.29, 0.717) is 5.56 Å². The highest BCUT2D eigenvalue weighted by Gasteiger charge is 2.19. The maximum atomic E-state index is 12.4. The molecule has 3 aromatic rings. The van der Waals surface area contributed by atoms with Gasteiger partial charge in [0.1, 0.15) is 0 Å². The van der Waals surface area contributed by atoms with Crippen LogP contribution in [0.15, 0.2) is 84.9 Å². The van der Waals surface area contributed by atoms with Crippen molar-refractivity contribution in [3.63, 3.8) is 0 Å². The topological polar surface area (TPSA) is 137 Å². The van der Waals surface area contributed by atoms with Gasteiger partial charge in [-0.1, -0.05) is 84.9 Å². The van der Waals surface area contributed by atoms with E-state index in [2.05, 4.69) is 21.3 Å². The first-order chi connectivity index (χ1) is 18.3. The Bertz CT molecular complexity index is 1220. The number of aliphatic carboxylic acids is 1. The van der Waals surface area contributed by atoms with Gasteiger partial charge in [0.25, 0.3) is 0 Å². The van der Waals surface area contributed by atoms with Crippen molar-refractivity contribution in [2.75, 3.05) is 13.1 Å². The smallest absolute Gasteiger partial charge is 0.315 e. The molecule has 9 heteroatoms. The third-order valence-corrected chi connectivity index (χ3v) is 5.87. The number of hydrogen-bond acceptors (Lipinski definition) is 4. The van der Waals surface area contributed by atoms with Crippen molar-refractivity contribution in [3.8, 4) is 11.1 Å². The minimum absolute atomic E-state index is 0.0140. The Morgan fingerprint density at radius 2 is 1.32 bits per heavy atom. The summed E-state index contributed by atoms with van der Waals surface area (Å²) in [6.07, 6.45) is -0.315. The molecule has 198 valence electrons. The standard InChI is InChI=1S/C29H32N4O5/c1-20(21-8-4-2-5-9-21)32-29(38)30-17-16-26(34)31-19-27(35)33-25(18-28(36)37)24-14-12-23(13-15-24)22-10-6-3-7-11-22/h2-15,20,25H,16-19H2,1H3,(H,31,34)(H,33,35)(H,36,37)(H2,30,32,38)/t20-,25?/m0/s1. The minimum Gasteiger partial charge on any atom is -0.481 e. The second-order valence-corrected chi connectivity index (χ2v) is 8.77. The predicted molar refractivity (Wildman–Crippen MR) is 144 cm³/mol. The molecule has 3 rings (SSSR count). The molecule has 5 N–H and O–H groups in total. The van der Waals surface area contributed by atoms with Crippen LogP contribution in [0, 0.1) is 0 Å². The Balaban J connectivity index is 1.42. The van der Waals surface area contributed by atoms with Gasteiger partial charge in [-0.25, -0.2) is 4.79 Å². The van der Waals surface area contributed by atoms with E-state index in [1.807, 2.05) is 79.7 Å². The molecule has 0 aromatic heterocycles. The van der Waals surface area contributed by atoms with Crippen molar-refractivity contribution in [1.82, 2.24) is 21.3 Å². The number of carbonyl (C=O) groups excluding carboxylic acids is 3. The van der Waals surface area contributed by atoms with Crippen LogP contribution >= 0.6 is 0 Å². The van der Waals surface area contributed by atoms with E-state index in [4.69, 9.17) is 0 Å². The first kappa shape index (κ1) is 27.9. The minimum atomic E-state index is -1.06. The molecule has 38 heavy (non-hydrogen) atoms. The fraction of sp³-hybridized carbons (Fsp3) is 0.241. The summed E-state index contributed by atoms with van der Waals surface area (Å²) in [5.74, 6) is -1.99. The lowest BCUT2D eigenvalue weighted by molar-refractivity contribution is -0.138. The van der Waals surface area contributed by atoms with Crippen molar-refractivity contribution in [3.05, 3.63) is 96.1 Å². The van der Waals surface area contributed by atoms with E-state index >= 15 is 0 Å². The summed E-state index contributed by atoms with van der Waals surface area (Å²) in [5.41, 5.74) is 3.60. The number of amides is 4. The zero-order valence-corrected chi connectivity index (χ0v) is 21.1. The van der Waals surface area contributed by atoms with Crippen LogP contribution in [0.25, 0.3) is 11.1 Å². The average Bonchev–Trinajstić information content (AvgIpc) is 2.92. The van der Waals surface area contributed by atoms with Crippen molar-refractivity contribution in [2.24, 2.45) is 0 Å². The summed E-state index contributed by atoms with van der Waals surface area (Å²) >= 11 is 0. The monoisotopic (exact) mass is 516 g/mol. The number of carbonyl (C=O) groups is 4. The molecule has 4 amide bonds. The number of carboxylic acid groups (broad SMARTS) is 1. The Morgan fingerprint density at radius 1 is 0.711 bits per heavy atom. The number of benzene rings is 3. The highest BCUT2D eigenvalue weighted by Crippen LogP contribution is 2.23. The summed E-state index contributed by atoms with van der Waals surface area (Å²) in [4.78, 5) is 48.0. The van der Waals surface area contributed by atoms with E-state index in [-0.39, 0.29) is 32.0 Å². The van der Waals surface area contributed by atoms with E-state index in [1.165, 1.54) is 0 Å². The lowest BCUT2D eigenvalue weighted by Gasteiger charge is -2.18. The fourth-order valence-corrected chi connectivity index (χ4v) is 3.84. The van der Waals surface area contributed by atoms with Crippen molar-refractivity contribution in [2.45, 2.75) is 31.8 Å². The maximum Gasteiger partial charge on any atom is 0.315 e. The van der Waals surface area contributed by atoms with Gasteiger partial charge in [0.05, 0.1) is 25.0 Å². The first-order valence-corrected chi connectivity index (χ1v) is 12.3. The fourth-order valence-electron chi connectivity index (χ4n) is 3.84. The summed E-state index contributed by atoms with van der Waals surface area (Å²) in [6, 6.07) is 25.2. The molecule has 1 unspecified atom stereocenters. The Kier molecular flexibility index (Phi) is 10.4. The van der Waals surface area contributed by atoms with Gasteiger partial charge in [0.2, 0.25) is 11.8 Å². The van der Waals surface area contributed by atoms with E-state index < -0.39 is 29.9 Å². The van der Waals surface area contributed by atoms with Crippen LogP contribution in [-0.4, -0.2) is 42.0 Å². The SMILES string of the molecule is C[C@H](NC(=O)NCCC(=O)NCC(=O)NC(CC(=O)O)c1ccc(-c2ccccc2)cc1)c1ccccc1. The van der Waals surface area contributed by atoms with Gasteiger partial charge in [-0.05, 0) is 29.2 Å². The first-order valence-electron chi connectivity index (χ1n) is 12.3. The summed E-state index contributed by atoms with van der Waals surface area (Å²) in [7, 11) is 0. The van der Waals surface area contributed by atoms with Gasteiger partial charge in [-0.3, -0.25) is 14.4 Å². The van der Waals surface area contributed by atoms with Gasteiger partial charge in [-0.15, -0.1) is 0 Å². The van der Waals surface area contributed by atoms with E-state index in [9.17, 15) is 24.3 Å².